The van der Waals surface area contributed by atoms with E-state index in [0.29, 0.717) is 11.8 Å². The Labute approximate surface area is 117 Å². The molecule has 0 unspecified atom stereocenters. The summed E-state index contributed by atoms with van der Waals surface area (Å²) in [5.74, 6) is 1.08. The summed E-state index contributed by atoms with van der Waals surface area (Å²) in [5.41, 5.74) is 6.83. The van der Waals surface area contributed by atoms with Gasteiger partial charge in [0, 0.05) is 0 Å². The zero-order valence-electron chi connectivity index (χ0n) is 12.6. The van der Waals surface area contributed by atoms with Crippen LogP contribution in [0.4, 0.5) is 0 Å². The Morgan fingerprint density at radius 1 is 0.895 bits per heavy atom. The van der Waals surface area contributed by atoms with Crippen molar-refractivity contribution in [3.8, 4) is 11.1 Å². The highest BCUT2D eigenvalue weighted by Crippen LogP contribution is 2.36. The molecule has 0 aromatic heterocycles. The van der Waals surface area contributed by atoms with Gasteiger partial charge in [0.1, 0.15) is 0 Å². The summed E-state index contributed by atoms with van der Waals surface area (Å²) in [6, 6.07) is 16.4. The van der Waals surface area contributed by atoms with E-state index in [4.69, 9.17) is 0 Å². The molecule has 0 amide bonds. The Morgan fingerprint density at radius 3 is 1.95 bits per heavy atom. The van der Waals surface area contributed by atoms with E-state index in [2.05, 4.69) is 71.0 Å². The predicted molar refractivity (Wildman–Crippen MR) is 83.6 cm³/mol. The monoisotopic (exact) mass is 251 g/mol. The number of rotatable bonds is 3. The van der Waals surface area contributed by atoms with E-state index in [9.17, 15) is 0 Å². The van der Waals surface area contributed by atoms with E-state index in [1.165, 1.54) is 27.8 Å². The maximum absolute atomic E-state index is 3.24. The van der Waals surface area contributed by atoms with Crippen molar-refractivity contribution in [2.45, 2.75) is 46.5 Å². The highest BCUT2D eigenvalue weighted by atomic mass is 14.2. The summed E-state index contributed by atoms with van der Waals surface area (Å²) in [7, 11) is 0. The third-order valence-corrected chi connectivity index (χ3v) is 3.61. The molecule has 0 heteroatoms. The molecule has 0 heterocycles. The van der Waals surface area contributed by atoms with Crippen LogP contribution < -0.4 is 0 Å². The van der Waals surface area contributed by atoms with Crippen molar-refractivity contribution in [1.82, 2.24) is 0 Å². The topological polar surface area (TPSA) is 0 Å². The molecule has 0 saturated heterocycles. The van der Waals surface area contributed by atoms with Gasteiger partial charge in [0.2, 0.25) is 0 Å². The van der Waals surface area contributed by atoms with Gasteiger partial charge in [-0.3, -0.25) is 0 Å². The molecule has 0 aliphatic rings. The molecule has 0 saturated carbocycles. The van der Waals surface area contributed by atoms with Gasteiger partial charge in [0.05, 0.1) is 0 Å². The highest BCUT2D eigenvalue weighted by Gasteiger charge is 2.15. The minimum absolute atomic E-state index is 0.540. The first-order valence-electron chi connectivity index (χ1n) is 7.12. The molecule has 99 valence electrons. The van der Waals surface area contributed by atoms with Crippen molar-refractivity contribution < 1.29 is 0 Å². The van der Waals surface area contributed by atoms with Crippen molar-refractivity contribution in [3.63, 3.8) is 0 Å². The van der Waals surface area contributed by atoms with Crippen molar-refractivity contribution in [3.05, 3.63) is 59.2 Å². The van der Waals surface area contributed by atoms with Gasteiger partial charge in [-0.1, -0.05) is 64.1 Å². The van der Waals surface area contributed by atoms with Crippen LogP contribution in [0.15, 0.2) is 36.4 Å². The van der Waals surface area contributed by atoms with Crippen molar-refractivity contribution >= 4 is 0 Å². The maximum atomic E-state index is 3.24. The summed E-state index contributed by atoms with van der Waals surface area (Å²) < 4.78 is 0. The number of aryl methyl sites for hydroxylation is 1. The number of benzene rings is 2. The van der Waals surface area contributed by atoms with Crippen molar-refractivity contribution in [1.29, 1.82) is 0 Å². The molecule has 2 aromatic carbocycles. The van der Waals surface area contributed by atoms with Gasteiger partial charge in [-0.05, 0) is 52.6 Å². The van der Waals surface area contributed by atoms with E-state index in [-0.39, 0.29) is 0 Å². The van der Waals surface area contributed by atoms with Crippen LogP contribution in [0.5, 0.6) is 0 Å². The van der Waals surface area contributed by atoms with E-state index in [1.54, 1.807) is 0 Å². The zero-order chi connectivity index (χ0) is 14.0. The van der Waals surface area contributed by atoms with Crippen LogP contribution in [-0.4, -0.2) is 0 Å². The summed E-state index contributed by atoms with van der Waals surface area (Å²) in [5, 5.41) is 0. The first kappa shape index (κ1) is 13.9. The van der Waals surface area contributed by atoms with E-state index in [0.717, 1.165) is 0 Å². The maximum Gasteiger partial charge on any atom is -0.0114 e. The Hall–Kier alpha value is -1.56. The minimum atomic E-state index is 0.540. The number of hydrogen-bond acceptors (Lipinski definition) is 0. The first-order valence-corrected chi connectivity index (χ1v) is 7.12. The Balaban J connectivity index is 2.71. The largest absolute Gasteiger partial charge is 0.0617 e. The lowest BCUT2D eigenvalue weighted by Crippen LogP contribution is -1.99. The highest BCUT2D eigenvalue weighted by molar-refractivity contribution is 5.72. The molecule has 0 N–H and O–H groups in total. The fourth-order valence-electron chi connectivity index (χ4n) is 2.63. The lowest BCUT2D eigenvalue weighted by Gasteiger charge is -2.20. The second-order valence-electron chi connectivity index (χ2n) is 5.88. The fraction of sp³-hybridized carbons (Fsp3) is 0.368. The standard InChI is InChI=1S/C19H23/c1-13(2)17-10-7-11-18(14(3)4)19(17)16-9-6-8-15(5)12-16/h6-7,9-14H,1-5H3. The molecule has 2 aromatic rings. The SMILES string of the molecule is Cc1[c]ccc(-c2c(C(C)C)cccc2C(C)C)c1. The second kappa shape index (κ2) is 5.61. The zero-order valence-corrected chi connectivity index (χ0v) is 12.6. The van der Waals surface area contributed by atoms with Crippen molar-refractivity contribution in [2.24, 2.45) is 0 Å². The molecule has 0 nitrogen and oxygen atoms in total. The Bertz CT molecular complexity index is 536. The van der Waals surface area contributed by atoms with Gasteiger partial charge in [0.25, 0.3) is 0 Å². The van der Waals surface area contributed by atoms with Crippen molar-refractivity contribution in [2.75, 3.05) is 0 Å². The van der Waals surface area contributed by atoms with E-state index < -0.39 is 0 Å². The van der Waals surface area contributed by atoms with Crippen LogP contribution in [0.2, 0.25) is 0 Å². The second-order valence-corrected chi connectivity index (χ2v) is 5.88. The van der Waals surface area contributed by atoms with Crippen LogP contribution in [0.25, 0.3) is 11.1 Å². The molecule has 19 heavy (non-hydrogen) atoms. The fourth-order valence-corrected chi connectivity index (χ4v) is 2.63. The lowest BCUT2D eigenvalue weighted by atomic mass is 9.85. The normalized spacial score (nSPS) is 11.3. The van der Waals surface area contributed by atoms with Gasteiger partial charge < -0.3 is 0 Å². The molecule has 0 atom stereocenters. The third kappa shape index (κ3) is 2.89. The first-order chi connectivity index (χ1) is 9.00. The predicted octanol–water partition coefficient (Wildman–Crippen LogP) is 5.71. The van der Waals surface area contributed by atoms with Crippen LogP contribution >= 0.6 is 0 Å². The molecule has 0 fully saturated rings. The van der Waals surface area contributed by atoms with E-state index >= 15 is 0 Å². The molecule has 0 aliphatic carbocycles. The van der Waals surface area contributed by atoms with Crippen LogP contribution in [0.3, 0.4) is 0 Å². The lowest BCUT2D eigenvalue weighted by molar-refractivity contribution is 0.838. The quantitative estimate of drug-likeness (QED) is 0.655. The third-order valence-electron chi connectivity index (χ3n) is 3.61. The van der Waals surface area contributed by atoms with Gasteiger partial charge >= 0.3 is 0 Å². The van der Waals surface area contributed by atoms with Crippen LogP contribution in [0, 0.1) is 13.0 Å². The molecular weight excluding hydrogens is 228 g/mol. The van der Waals surface area contributed by atoms with Gasteiger partial charge in [-0.2, -0.15) is 0 Å². The molecule has 0 spiro atoms. The summed E-state index contributed by atoms with van der Waals surface area (Å²) >= 11 is 0. The Kier molecular flexibility index (Phi) is 4.09. The summed E-state index contributed by atoms with van der Waals surface area (Å²) in [6.07, 6.45) is 0. The molecule has 0 bridgehead atoms. The van der Waals surface area contributed by atoms with E-state index in [1.807, 2.05) is 6.07 Å². The summed E-state index contributed by atoms with van der Waals surface area (Å²) in [6.45, 7) is 11.2. The van der Waals surface area contributed by atoms with Crippen LogP contribution in [-0.2, 0) is 0 Å². The molecule has 2 rings (SSSR count). The van der Waals surface area contributed by atoms with Gasteiger partial charge in [0.15, 0.2) is 0 Å². The molecule has 1 radical (unpaired) electrons. The average molecular weight is 251 g/mol. The molecule has 0 aliphatic heterocycles. The Morgan fingerprint density at radius 2 is 1.47 bits per heavy atom. The smallest absolute Gasteiger partial charge is 0.0114 e. The molecular formula is C19H23. The van der Waals surface area contributed by atoms with Gasteiger partial charge in [-0.25, -0.2) is 0 Å². The number of hydrogen-bond donors (Lipinski definition) is 0. The van der Waals surface area contributed by atoms with Gasteiger partial charge in [-0.15, -0.1) is 0 Å². The summed E-state index contributed by atoms with van der Waals surface area (Å²) in [4.78, 5) is 0. The minimum Gasteiger partial charge on any atom is -0.0617 e. The average Bonchev–Trinajstić information content (AvgIpc) is 2.37. The van der Waals surface area contributed by atoms with Crippen LogP contribution in [0.1, 0.15) is 56.2 Å².